The van der Waals surface area contributed by atoms with E-state index in [0.29, 0.717) is 41.3 Å². The second kappa shape index (κ2) is 11.1. The molecule has 0 radical (unpaired) electrons. The number of fused-ring (bicyclic) bond motifs is 1. The lowest BCUT2D eigenvalue weighted by Gasteiger charge is -2.28. The zero-order valence-corrected chi connectivity index (χ0v) is 22.8. The highest BCUT2D eigenvalue weighted by Gasteiger charge is 2.25. The summed E-state index contributed by atoms with van der Waals surface area (Å²) in [5, 5.41) is 20.0. The Balaban J connectivity index is 1.26. The van der Waals surface area contributed by atoms with Crippen LogP contribution in [-0.4, -0.2) is 49.3 Å². The number of carboxylic acid groups (broad SMARTS) is 1. The van der Waals surface area contributed by atoms with Crippen molar-refractivity contribution in [2.45, 2.75) is 35.5 Å². The molecule has 1 aromatic carbocycles. The summed E-state index contributed by atoms with van der Waals surface area (Å²) >= 11 is 2.92. The maximum absolute atomic E-state index is 13.5. The topological polar surface area (TPSA) is 126 Å². The fourth-order valence-electron chi connectivity index (χ4n) is 4.48. The number of pyridine rings is 2. The number of anilines is 2. The number of thiazole rings is 1. The SMILES string of the molecule is Cc1noc2nccc(Sc3cnc(Nc4nc(C5CCN(C(=O)O)CC5)cs4)c(Oc4ccc(F)cc4)c3)c12. The third kappa shape index (κ3) is 5.56. The molecule has 2 N–H and O–H groups in total. The van der Waals surface area contributed by atoms with Gasteiger partial charge < -0.3 is 24.6 Å². The summed E-state index contributed by atoms with van der Waals surface area (Å²) in [6, 6.07) is 9.52. The first-order chi connectivity index (χ1) is 19.4. The van der Waals surface area contributed by atoms with E-state index < -0.39 is 6.09 Å². The summed E-state index contributed by atoms with van der Waals surface area (Å²) in [6.07, 6.45) is 3.97. The normalized spacial score (nSPS) is 14.0. The van der Waals surface area contributed by atoms with Crippen molar-refractivity contribution < 1.29 is 23.6 Å². The zero-order valence-electron chi connectivity index (χ0n) is 21.2. The molecule has 1 aliphatic rings. The molecule has 0 saturated carbocycles. The van der Waals surface area contributed by atoms with Gasteiger partial charge in [-0.05, 0) is 50.1 Å². The van der Waals surface area contributed by atoms with Crippen LogP contribution in [-0.2, 0) is 0 Å². The van der Waals surface area contributed by atoms with Gasteiger partial charge >= 0.3 is 6.09 Å². The number of nitrogens with zero attached hydrogens (tertiary/aromatic N) is 5. The van der Waals surface area contributed by atoms with Crippen LogP contribution >= 0.6 is 23.1 Å². The first-order valence-electron chi connectivity index (χ1n) is 12.5. The Morgan fingerprint density at radius 3 is 2.80 bits per heavy atom. The number of likely N-dealkylation sites (tertiary alicyclic amines) is 1. The highest BCUT2D eigenvalue weighted by molar-refractivity contribution is 7.99. The first kappa shape index (κ1) is 26.0. The van der Waals surface area contributed by atoms with Crippen molar-refractivity contribution in [3.63, 3.8) is 0 Å². The van der Waals surface area contributed by atoms with E-state index >= 15 is 0 Å². The fourth-order valence-corrected chi connectivity index (χ4v) is 6.26. The fraction of sp³-hybridized carbons (Fsp3) is 0.222. The molecule has 0 bridgehead atoms. The second-order valence-corrected chi connectivity index (χ2v) is 11.2. The van der Waals surface area contributed by atoms with Gasteiger partial charge in [-0.2, -0.15) is 0 Å². The quantitative estimate of drug-likeness (QED) is 0.207. The Hall–Kier alpha value is -4.23. The monoisotopic (exact) mass is 578 g/mol. The van der Waals surface area contributed by atoms with Crippen molar-refractivity contribution >= 4 is 51.2 Å². The molecular weight excluding hydrogens is 555 g/mol. The molecule has 6 rings (SSSR count). The summed E-state index contributed by atoms with van der Waals surface area (Å²) in [4.78, 5) is 28.0. The maximum atomic E-state index is 13.5. The molecule has 1 saturated heterocycles. The molecule has 0 atom stereocenters. The molecule has 1 amide bonds. The lowest BCUT2D eigenvalue weighted by atomic mass is 9.94. The van der Waals surface area contributed by atoms with Crippen LogP contribution in [0.1, 0.15) is 30.1 Å². The lowest BCUT2D eigenvalue weighted by Crippen LogP contribution is -2.36. The largest absolute Gasteiger partial charge is 0.465 e. The molecule has 1 aliphatic heterocycles. The van der Waals surface area contributed by atoms with Gasteiger partial charge in [0.2, 0.25) is 0 Å². The van der Waals surface area contributed by atoms with Crippen LogP contribution < -0.4 is 10.1 Å². The van der Waals surface area contributed by atoms with Gasteiger partial charge in [0.25, 0.3) is 5.71 Å². The van der Waals surface area contributed by atoms with Gasteiger partial charge in [0.1, 0.15) is 11.6 Å². The average molecular weight is 579 g/mol. The second-order valence-electron chi connectivity index (χ2n) is 9.18. The summed E-state index contributed by atoms with van der Waals surface area (Å²) in [5.74, 6) is 1.19. The van der Waals surface area contributed by atoms with Crippen LogP contribution in [0, 0.1) is 12.7 Å². The van der Waals surface area contributed by atoms with Gasteiger partial charge in [-0.25, -0.2) is 24.1 Å². The van der Waals surface area contributed by atoms with E-state index in [-0.39, 0.29) is 11.7 Å². The van der Waals surface area contributed by atoms with Crippen molar-refractivity contribution in [2.75, 3.05) is 18.4 Å². The van der Waals surface area contributed by atoms with E-state index in [9.17, 15) is 14.3 Å². The van der Waals surface area contributed by atoms with Gasteiger partial charge in [-0.15, -0.1) is 11.3 Å². The van der Waals surface area contributed by atoms with Crippen LogP contribution in [0.2, 0.25) is 0 Å². The van der Waals surface area contributed by atoms with Gasteiger partial charge in [0, 0.05) is 52.6 Å². The average Bonchev–Trinajstić information content (AvgIpc) is 3.59. The van der Waals surface area contributed by atoms with E-state index in [0.717, 1.165) is 39.4 Å². The van der Waals surface area contributed by atoms with Crippen molar-refractivity contribution in [1.82, 2.24) is 25.0 Å². The first-order valence-corrected chi connectivity index (χ1v) is 14.1. The summed E-state index contributed by atoms with van der Waals surface area (Å²) < 4.78 is 24.9. The molecule has 10 nitrogen and oxygen atoms in total. The van der Waals surface area contributed by atoms with Gasteiger partial charge in [-0.1, -0.05) is 16.9 Å². The predicted molar refractivity (Wildman–Crippen MR) is 148 cm³/mol. The molecule has 204 valence electrons. The zero-order chi connectivity index (χ0) is 27.6. The number of halogens is 1. The number of benzene rings is 1. The maximum Gasteiger partial charge on any atom is 0.407 e. The number of rotatable bonds is 7. The minimum Gasteiger partial charge on any atom is -0.465 e. The highest BCUT2D eigenvalue weighted by Crippen LogP contribution is 2.39. The van der Waals surface area contributed by atoms with E-state index in [1.165, 1.54) is 40.1 Å². The lowest BCUT2D eigenvalue weighted by molar-refractivity contribution is 0.132. The van der Waals surface area contributed by atoms with Crippen molar-refractivity contribution in [1.29, 1.82) is 0 Å². The molecule has 5 heterocycles. The Morgan fingerprint density at radius 1 is 1.23 bits per heavy atom. The molecule has 5 aromatic rings. The Bertz CT molecular complexity index is 1670. The molecule has 13 heteroatoms. The number of ether oxygens (including phenoxy) is 1. The minimum absolute atomic E-state index is 0.196. The molecule has 40 heavy (non-hydrogen) atoms. The van der Waals surface area contributed by atoms with Gasteiger partial charge in [0.15, 0.2) is 16.7 Å². The number of carbonyl (C=O) groups is 1. The summed E-state index contributed by atoms with van der Waals surface area (Å²) in [7, 11) is 0. The van der Waals surface area contributed by atoms with Crippen LogP contribution in [0.4, 0.5) is 20.1 Å². The van der Waals surface area contributed by atoms with Crippen molar-refractivity contribution in [3.05, 3.63) is 71.4 Å². The number of aromatic nitrogens is 4. The smallest absolute Gasteiger partial charge is 0.407 e. The summed E-state index contributed by atoms with van der Waals surface area (Å²) in [5.41, 5.74) is 2.13. The minimum atomic E-state index is -0.884. The van der Waals surface area contributed by atoms with Crippen LogP contribution in [0.3, 0.4) is 0 Å². The molecule has 0 aliphatic carbocycles. The summed E-state index contributed by atoms with van der Waals surface area (Å²) in [6.45, 7) is 2.85. The standard InChI is InChI=1S/C27H23FN6O4S2/c1-15-23-22(6-9-29-25(23)38-33-15)40-19-12-21(37-18-4-2-17(28)3-5-18)24(30-13-19)32-26-31-20(14-39-26)16-7-10-34(11-8-16)27(35)36/h2-6,9,12-14,16H,7-8,10-11H2,1H3,(H,35,36)(H,30,31,32). The Kier molecular flexibility index (Phi) is 7.22. The third-order valence-electron chi connectivity index (χ3n) is 6.54. The van der Waals surface area contributed by atoms with Gasteiger partial charge in [0.05, 0.1) is 16.8 Å². The van der Waals surface area contributed by atoms with E-state index in [1.807, 2.05) is 24.4 Å². The Labute approximate surface area is 236 Å². The van der Waals surface area contributed by atoms with Crippen LogP contribution in [0.25, 0.3) is 11.1 Å². The third-order valence-corrected chi connectivity index (χ3v) is 8.33. The molecule has 0 spiro atoms. The molecule has 1 fully saturated rings. The number of amides is 1. The molecule has 0 unspecified atom stereocenters. The number of piperidine rings is 1. The van der Waals surface area contributed by atoms with E-state index in [4.69, 9.17) is 14.2 Å². The Morgan fingerprint density at radius 2 is 2.02 bits per heavy atom. The van der Waals surface area contributed by atoms with Crippen LogP contribution in [0.5, 0.6) is 11.5 Å². The van der Waals surface area contributed by atoms with E-state index in [1.54, 1.807) is 24.5 Å². The highest BCUT2D eigenvalue weighted by atomic mass is 32.2. The molecular formula is C27H23FN6O4S2. The number of aryl methyl sites for hydroxylation is 1. The predicted octanol–water partition coefficient (Wildman–Crippen LogP) is 7.07. The van der Waals surface area contributed by atoms with Gasteiger partial charge in [-0.3, -0.25) is 0 Å². The number of nitrogens with one attached hydrogen (secondary N) is 1. The number of hydrogen-bond acceptors (Lipinski definition) is 10. The van der Waals surface area contributed by atoms with Crippen molar-refractivity contribution in [2.24, 2.45) is 0 Å². The molecule has 4 aromatic heterocycles. The van der Waals surface area contributed by atoms with E-state index in [2.05, 4.69) is 20.4 Å². The van der Waals surface area contributed by atoms with Crippen LogP contribution in [0.15, 0.2) is 68.5 Å². The van der Waals surface area contributed by atoms with Crippen molar-refractivity contribution in [3.8, 4) is 11.5 Å². The number of hydrogen-bond donors (Lipinski definition) is 2.